The van der Waals surface area contributed by atoms with Gasteiger partial charge in [0.2, 0.25) is 5.91 Å². The number of unbranched alkanes of at least 4 members (excludes halogenated alkanes) is 32. The van der Waals surface area contributed by atoms with Gasteiger partial charge in [-0.2, -0.15) is 0 Å². The molecule has 3 atom stereocenters. The number of aliphatic hydroxyl groups is 1. The van der Waals surface area contributed by atoms with Crippen LogP contribution in [-0.4, -0.2) is 64.9 Å². The van der Waals surface area contributed by atoms with E-state index in [1.165, 1.54) is 173 Å². The van der Waals surface area contributed by atoms with Gasteiger partial charge in [0.15, 0.2) is 6.04 Å². The summed E-state index contributed by atoms with van der Waals surface area (Å²) in [6, 6.07) is -1.54. The number of carbonyl (C=O) groups excluding carboxylic acids is 2. The normalized spacial score (nSPS) is 13.7. The molecule has 0 aromatic heterocycles. The molecular weight excluding hydrogens is 830 g/mol. The first-order chi connectivity index (χ1) is 31.1. The van der Waals surface area contributed by atoms with E-state index in [1.54, 1.807) is 0 Å². The van der Waals surface area contributed by atoms with E-state index in [1.807, 2.05) is 0 Å². The molecule has 11 nitrogen and oxygen atoms in total. The van der Waals surface area contributed by atoms with Crippen molar-refractivity contribution in [1.82, 2.24) is 5.32 Å². The summed E-state index contributed by atoms with van der Waals surface area (Å²) in [5, 5.41) is 21.9. The van der Waals surface area contributed by atoms with Crippen molar-refractivity contribution in [2.75, 3.05) is 19.8 Å². The number of rotatable bonds is 50. The van der Waals surface area contributed by atoms with Crippen molar-refractivity contribution in [3.8, 4) is 0 Å². The Morgan fingerprint density at radius 1 is 0.500 bits per heavy atom. The zero-order valence-corrected chi connectivity index (χ0v) is 42.0. The van der Waals surface area contributed by atoms with Gasteiger partial charge in [0.05, 0.1) is 13.2 Å². The maximum atomic E-state index is 12.4. The Balaban J connectivity index is 3.77. The smallest absolute Gasteiger partial charge is 0.472 e. The first-order valence-electron chi connectivity index (χ1n) is 26.4. The maximum absolute atomic E-state index is 12.4. The zero-order valence-electron chi connectivity index (χ0n) is 41.1. The number of hydrogen-bond donors (Lipinski definition) is 4. The molecule has 0 aliphatic heterocycles. The van der Waals surface area contributed by atoms with Gasteiger partial charge in [0.1, 0.15) is 12.7 Å². The van der Waals surface area contributed by atoms with Crippen molar-refractivity contribution in [2.24, 2.45) is 0 Å². The largest absolute Gasteiger partial charge is 0.480 e. The summed E-state index contributed by atoms with van der Waals surface area (Å²) in [6.07, 6.45) is 52.0. The number of carboxylic acids is 1. The third kappa shape index (κ3) is 46.5. The van der Waals surface area contributed by atoms with Crippen LogP contribution in [-0.2, 0) is 32.7 Å². The highest BCUT2D eigenvalue weighted by Crippen LogP contribution is 2.43. The second-order valence-corrected chi connectivity index (χ2v) is 19.5. The number of aliphatic carboxylic acids is 1. The van der Waals surface area contributed by atoms with E-state index in [0.717, 1.165) is 44.9 Å². The number of carboxylic acid groups (broad SMARTS) is 1. The molecule has 1 amide bonds. The SMILES string of the molecule is CCCCC/C=C\C/C=C\CCCCCCCCCCCCCCCC(=O)OCC(O)COP(=O)(O)OCC(NC(=O)CCCCCCCCCCCCCCCCCCC)C(=O)O. The van der Waals surface area contributed by atoms with Crippen LogP contribution >= 0.6 is 7.82 Å². The number of carbonyl (C=O) groups is 3. The molecule has 376 valence electrons. The number of aliphatic hydroxyl groups excluding tert-OH is 1. The molecule has 0 fully saturated rings. The number of hydrogen-bond acceptors (Lipinski definition) is 8. The predicted octanol–water partition coefficient (Wildman–Crippen LogP) is 14.6. The van der Waals surface area contributed by atoms with Crippen LogP contribution in [0, 0.1) is 0 Å². The highest BCUT2D eigenvalue weighted by atomic mass is 31.2. The molecule has 0 spiro atoms. The molecule has 64 heavy (non-hydrogen) atoms. The Labute approximate surface area is 391 Å². The van der Waals surface area contributed by atoms with Gasteiger partial charge in [-0.05, 0) is 44.9 Å². The van der Waals surface area contributed by atoms with Crippen LogP contribution in [0.5, 0.6) is 0 Å². The van der Waals surface area contributed by atoms with E-state index in [2.05, 4.69) is 43.5 Å². The average Bonchev–Trinajstić information content (AvgIpc) is 3.27. The van der Waals surface area contributed by atoms with E-state index in [-0.39, 0.29) is 12.8 Å². The van der Waals surface area contributed by atoms with Gasteiger partial charge in [-0.3, -0.25) is 18.6 Å². The molecule has 0 saturated carbocycles. The minimum atomic E-state index is -4.76. The molecule has 0 radical (unpaired) electrons. The molecule has 0 aromatic carbocycles. The van der Waals surface area contributed by atoms with Crippen LogP contribution < -0.4 is 5.32 Å². The Kier molecular flexibility index (Phi) is 45.9. The summed E-state index contributed by atoms with van der Waals surface area (Å²) < 4.78 is 27.0. The molecule has 0 heterocycles. The minimum Gasteiger partial charge on any atom is -0.480 e. The molecule has 12 heteroatoms. The lowest BCUT2D eigenvalue weighted by atomic mass is 10.0. The monoisotopic (exact) mass is 928 g/mol. The van der Waals surface area contributed by atoms with Crippen LogP contribution in [0.2, 0.25) is 0 Å². The number of nitrogens with one attached hydrogen (secondary N) is 1. The van der Waals surface area contributed by atoms with Gasteiger partial charge in [-0.25, -0.2) is 9.36 Å². The number of amides is 1. The Morgan fingerprint density at radius 3 is 1.30 bits per heavy atom. The van der Waals surface area contributed by atoms with Crippen molar-refractivity contribution in [3.63, 3.8) is 0 Å². The average molecular weight is 928 g/mol. The van der Waals surface area contributed by atoms with Crippen molar-refractivity contribution >= 4 is 25.7 Å². The van der Waals surface area contributed by atoms with Crippen LogP contribution in [0.1, 0.15) is 258 Å². The molecule has 4 N–H and O–H groups in total. The Bertz CT molecular complexity index is 1180. The second-order valence-electron chi connectivity index (χ2n) is 18.1. The first-order valence-corrected chi connectivity index (χ1v) is 27.9. The molecule has 0 aliphatic rings. The summed E-state index contributed by atoms with van der Waals surface area (Å²) in [7, 11) is -4.76. The summed E-state index contributed by atoms with van der Waals surface area (Å²) in [5.41, 5.74) is 0. The molecule has 3 unspecified atom stereocenters. The third-order valence-electron chi connectivity index (χ3n) is 11.7. The summed E-state index contributed by atoms with van der Waals surface area (Å²) in [5.74, 6) is -2.35. The van der Waals surface area contributed by atoms with Gasteiger partial charge in [0, 0.05) is 12.8 Å². The predicted molar refractivity (Wildman–Crippen MR) is 263 cm³/mol. The van der Waals surface area contributed by atoms with Crippen molar-refractivity contribution in [1.29, 1.82) is 0 Å². The number of ether oxygens (including phenoxy) is 1. The highest BCUT2D eigenvalue weighted by molar-refractivity contribution is 7.47. The number of allylic oxidation sites excluding steroid dienone is 4. The minimum absolute atomic E-state index is 0.151. The quantitative estimate of drug-likeness (QED) is 0.0199. The standard InChI is InChI=1S/C52H98NO10P/c1-3-5-7-9-11-13-15-17-19-21-22-23-24-25-26-28-30-32-34-36-38-40-42-44-51(56)61-45-48(54)46-62-64(59,60)63-47-49(52(57)58)53-50(55)43-41-39-37-35-33-31-29-27-20-18-16-14-12-10-8-6-4-2/h11,13,17,19,48-49,54H,3-10,12,14-16,18,20-47H2,1-2H3,(H,53,55)(H,57,58)(H,59,60)/b13-11-,19-17-. The van der Waals surface area contributed by atoms with Crippen molar-refractivity contribution in [3.05, 3.63) is 24.3 Å². The molecule has 0 bridgehead atoms. The lowest BCUT2D eigenvalue weighted by Gasteiger charge is -2.18. The van der Waals surface area contributed by atoms with Crippen molar-refractivity contribution in [2.45, 2.75) is 270 Å². The summed E-state index contributed by atoms with van der Waals surface area (Å²) in [6.45, 7) is 2.62. The van der Waals surface area contributed by atoms with Crippen LogP contribution in [0.25, 0.3) is 0 Å². The van der Waals surface area contributed by atoms with E-state index < -0.39 is 57.6 Å². The molecule has 0 rings (SSSR count). The fraction of sp³-hybridized carbons (Fsp3) is 0.865. The van der Waals surface area contributed by atoms with Gasteiger partial charge in [0.25, 0.3) is 0 Å². The van der Waals surface area contributed by atoms with Crippen LogP contribution in [0.3, 0.4) is 0 Å². The van der Waals surface area contributed by atoms with E-state index in [4.69, 9.17) is 13.8 Å². The van der Waals surface area contributed by atoms with Gasteiger partial charge >= 0.3 is 19.8 Å². The lowest BCUT2D eigenvalue weighted by molar-refractivity contribution is -0.147. The maximum Gasteiger partial charge on any atom is 0.472 e. The van der Waals surface area contributed by atoms with E-state index in [9.17, 15) is 34.1 Å². The fourth-order valence-corrected chi connectivity index (χ4v) is 8.41. The van der Waals surface area contributed by atoms with Gasteiger partial charge < -0.3 is 25.2 Å². The van der Waals surface area contributed by atoms with E-state index in [0.29, 0.717) is 12.8 Å². The molecule has 0 aliphatic carbocycles. The summed E-state index contributed by atoms with van der Waals surface area (Å²) in [4.78, 5) is 46.1. The Morgan fingerprint density at radius 2 is 0.859 bits per heavy atom. The molecule has 0 saturated heterocycles. The van der Waals surface area contributed by atoms with Gasteiger partial charge in [-0.15, -0.1) is 0 Å². The first kappa shape index (κ1) is 62.0. The van der Waals surface area contributed by atoms with Crippen LogP contribution in [0.15, 0.2) is 24.3 Å². The van der Waals surface area contributed by atoms with E-state index >= 15 is 0 Å². The lowest BCUT2D eigenvalue weighted by Crippen LogP contribution is -2.43. The number of phosphoric acid groups is 1. The van der Waals surface area contributed by atoms with Crippen molar-refractivity contribution < 1.29 is 47.8 Å². The zero-order chi connectivity index (χ0) is 47.0. The second kappa shape index (κ2) is 47.5. The highest BCUT2D eigenvalue weighted by Gasteiger charge is 2.28. The fourth-order valence-electron chi connectivity index (χ4n) is 7.64. The molecule has 0 aromatic rings. The molecular formula is C52H98NO10P. The number of phosphoric ester groups is 1. The topological polar surface area (TPSA) is 169 Å². The Hall–Kier alpha value is -2.04. The third-order valence-corrected chi connectivity index (χ3v) is 12.7. The van der Waals surface area contributed by atoms with Crippen LogP contribution in [0.4, 0.5) is 0 Å². The van der Waals surface area contributed by atoms with Gasteiger partial charge in [-0.1, -0.05) is 224 Å². The number of esters is 1. The summed E-state index contributed by atoms with van der Waals surface area (Å²) >= 11 is 0.